The molecule has 0 aromatic carbocycles. The summed E-state index contributed by atoms with van der Waals surface area (Å²) in [5.41, 5.74) is 0.385. The van der Waals surface area contributed by atoms with Crippen LogP contribution in [0.25, 0.3) is 0 Å². The molecule has 5 nitrogen and oxygen atoms in total. The minimum atomic E-state index is -0.290. The molecule has 5 fully saturated rings. The highest BCUT2D eigenvalue weighted by molar-refractivity contribution is 5.98. The first-order chi connectivity index (χ1) is 11.0. The van der Waals surface area contributed by atoms with Gasteiger partial charge in [-0.05, 0) is 75.5 Å². The molecule has 2 atom stereocenters. The number of nitrogens with zero attached hydrogens (tertiary/aromatic N) is 1. The minimum Gasteiger partial charge on any atom is -0.336 e. The fourth-order valence-electron chi connectivity index (χ4n) is 6.25. The number of hydrogen-bond donors (Lipinski definition) is 2. The lowest BCUT2D eigenvalue weighted by atomic mass is 9.48. The van der Waals surface area contributed by atoms with Crippen molar-refractivity contribution < 1.29 is 9.59 Å². The van der Waals surface area contributed by atoms with Crippen LogP contribution in [0.4, 0.5) is 4.79 Å². The zero-order chi connectivity index (χ0) is 16.2. The highest BCUT2D eigenvalue weighted by atomic mass is 16.2. The molecule has 23 heavy (non-hydrogen) atoms. The van der Waals surface area contributed by atoms with Gasteiger partial charge < -0.3 is 10.6 Å². The van der Waals surface area contributed by atoms with Crippen molar-refractivity contribution in [2.45, 2.75) is 64.5 Å². The number of carbonyl (C=O) groups excluding carboxylic acids is 2. The normalized spacial score (nSPS) is 41.0. The summed E-state index contributed by atoms with van der Waals surface area (Å²) < 4.78 is 0. The summed E-state index contributed by atoms with van der Waals surface area (Å²) in [5, 5.41) is 6.27. The van der Waals surface area contributed by atoms with Gasteiger partial charge in [0, 0.05) is 19.1 Å². The van der Waals surface area contributed by atoms with Crippen LogP contribution < -0.4 is 10.6 Å². The Kier molecular flexibility index (Phi) is 3.67. The third kappa shape index (κ3) is 2.57. The number of rotatable bonds is 4. The monoisotopic (exact) mass is 319 g/mol. The molecule has 0 radical (unpaired) electrons. The number of carbonyl (C=O) groups is 2. The lowest BCUT2D eigenvalue weighted by Gasteiger charge is -2.59. The van der Waals surface area contributed by atoms with Crippen molar-refractivity contribution in [2.75, 3.05) is 13.1 Å². The molecule has 1 saturated heterocycles. The molecule has 1 aliphatic heterocycles. The van der Waals surface area contributed by atoms with Crippen molar-refractivity contribution in [2.24, 2.45) is 23.2 Å². The van der Waals surface area contributed by atoms with Crippen molar-refractivity contribution in [3.05, 3.63) is 0 Å². The molecular weight excluding hydrogens is 290 g/mol. The van der Waals surface area contributed by atoms with Crippen molar-refractivity contribution in [3.63, 3.8) is 0 Å². The maximum atomic E-state index is 12.5. The molecule has 0 aromatic rings. The van der Waals surface area contributed by atoms with E-state index in [-0.39, 0.29) is 18.0 Å². The van der Waals surface area contributed by atoms with E-state index >= 15 is 0 Å². The van der Waals surface area contributed by atoms with Crippen LogP contribution in [-0.4, -0.2) is 42.0 Å². The van der Waals surface area contributed by atoms with E-state index in [2.05, 4.69) is 17.6 Å². The van der Waals surface area contributed by atoms with E-state index < -0.39 is 0 Å². The first kappa shape index (κ1) is 15.4. The number of amides is 3. The van der Waals surface area contributed by atoms with E-state index in [9.17, 15) is 9.59 Å². The van der Waals surface area contributed by atoms with E-state index in [1.165, 1.54) is 43.4 Å². The van der Waals surface area contributed by atoms with Gasteiger partial charge in [0.15, 0.2) is 0 Å². The van der Waals surface area contributed by atoms with Crippen LogP contribution in [-0.2, 0) is 4.79 Å². The Morgan fingerprint density at radius 1 is 1.17 bits per heavy atom. The zero-order valence-electron chi connectivity index (χ0n) is 14.3. The molecule has 128 valence electrons. The summed E-state index contributed by atoms with van der Waals surface area (Å²) >= 11 is 0. The van der Waals surface area contributed by atoms with Crippen molar-refractivity contribution in [1.82, 2.24) is 15.5 Å². The second kappa shape index (κ2) is 5.47. The van der Waals surface area contributed by atoms with Gasteiger partial charge in [-0.25, -0.2) is 4.79 Å². The summed E-state index contributed by atoms with van der Waals surface area (Å²) in [4.78, 5) is 25.6. The van der Waals surface area contributed by atoms with Crippen LogP contribution in [0.2, 0.25) is 0 Å². The molecule has 0 spiro atoms. The molecular formula is C18H29N3O2. The minimum absolute atomic E-state index is 0.0865. The van der Waals surface area contributed by atoms with E-state index in [1.807, 2.05) is 6.92 Å². The quantitative estimate of drug-likeness (QED) is 0.834. The molecule has 3 amide bonds. The zero-order valence-corrected chi connectivity index (χ0v) is 14.3. The van der Waals surface area contributed by atoms with E-state index in [0.717, 1.165) is 17.8 Å². The molecule has 5 rings (SSSR count). The number of urea groups is 1. The molecule has 1 heterocycles. The van der Waals surface area contributed by atoms with Gasteiger partial charge in [0.05, 0.1) is 6.04 Å². The van der Waals surface area contributed by atoms with Crippen LogP contribution in [0.15, 0.2) is 0 Å². The smallest absolute Gasteiger partial charge is 0.324 e. The van der Waals surface area contributed by atoms with Crippen molar-refractivity contribution in [1.29, 1.82) is 0 Å². The Hall–Kier alpha value is -1.10. The number of hydrogen-bond acceptors (Lipinski definition) is 3. The average molecular weight is 319 g/mol. The summed E-state index contributed by atoms with van der Waals surface area (Å²) in [7, 11) is 0. The predicted molar refractivity (Wildman–Crippen MR) is 87.8 cm³/mol. The van der Waals surface area contributed by atoms with Gasteiger partial charge >= 0.3 is 6.03 Å². The molecule has 5 aliphatic rings. The molecule has 2 N–H and O–H groups in total. The summed E-state index contributed by atoms with van der Waals surface area (Å²) in [6, 6.07) is -0.187. The summed E-state index contributed by atoms with van der Waals surface area (Å²) in [6.45, 7) is 5.24. The Morgan fingerprint density at radius 2 is 1.74 bits per heavy atom. The Labute approximate surface area is 138 Å². The SMILES string of the molecule is C[C@@H](N[C@H](C)C12CC3CC(CC(C3)C1)C2)C(=O)N1CCNC1=O. The van der Waals surface area contributed by atoms with Gasteiger partial charge in [-0.2, -0.15) is 0 Å². The third-order valence-electron chi connectivity index (χ3n) is 7.00. The molecule has 4 bridgehead atoms. The van der Waals surface area contributed by atoms with Gasteiger partial charge in [-0.15, -0.1) is 0 Å². The maximum absolute atomic E-state index is 12.5. The maximum Gasteiger partial charge on any atom is 0.324 e. The molecule has 5 heteroatoms. The number of imide groups is 1. The molecule has 4 saturated carbocycles. The van der Waals surface area contributed by atoms with Crippen LogP contribution in [0, 0.1) is 23.2 Å². The summed E-state index contributed by atoms with van der Waals surface area (Å²) in [6.07, 6.45) is 8.31. The van der Waals surface area contributed by atoms with Crippen molar-refractivity contribution in [3.8, 4) is 0 Å². The lowest BCUT2D eigenvalue weighted by molar-refractivity contribution is -0.130. The van der Waals surface area contributed by atoms with Gasteiger partial charge in [0.25, 0.3) is 0 Å². The lowest BCUT2D eigenvalue weighted by Crippen LogP contribution is -2.58. The first-order valence-corrected chi connectivity index (χ1v) is 9.32. The molecule has 0 unspecified atom stereocenters. The first-order valence-electron chi connectivity index (χ1n) is 9.32. The fourth-order valence-corrected chi connectivity index (χ4v) is 6.25. The van der Waals surface area contributed by atoms with Gasteiger partial charge in [0.1, 0.15) is 0 Å². The van der Waals surface area contributed by atoms with Crippen LogP contribution >= 0.6 is 0 Å². The third-order valence-corrected chi connectivity index (χ3v) is 7.00. The summed E-state index contributed by atoms with van der Waals surface area (Å²) in [5.74, 6) is 2.67. The second-order valence-electron chi connectivity index (χ2n) is 8.61. The largest absolute Gasteiger partial charge is 0.336 e. The Bertz CT molecular complexity index is 483. The predicted octanol–water partition coefficient (Wildman–Crippen LogP) is 2.12. The topological polar surface area (TPSA) is 61.4 Å². The van der Waals surface area contributed by atoms with Gasteiger partial charge in [0.2, 0.25) is 5.91 Å². The van der Waals surface area contributed by atoms with Crippen LogP contribution in [0.1, 0.15) is 52.4 Å². The number of nitrogens with one attached hydrogen (secondary N) is 2. The Balaban J connectivity index is 1.42. The van der Waals surface area contributed by atoms with Gasteiger partial charge in [-0.3, -0.25) is 9.69 Å². The van der Waals surface area contributed by atoms with Crippen LogP contribution in [0.3, 0.4) is 0 Å². The van der Waals surface area contributed by atoms with Crippen LogP contribution in [0.5, 0.6) is 0 Å². The standard InChI is InChI=1S/C18H29N3O2/c1-11(16(22)21-4-3-19-17(21)23)20-12(2)18-8-13-5-14(9-18)7-15(6-13)10-18/h11-15,20H,3-10H2,1-2H3,(H,19,23)/t11-,12-,13?,14?,15?,18?/m1/s1. The highest BCUT2D eigenvalue weighted by Crippen LogP contribution is 2.61. The average Bonchev–Trinajstić information content (AvgIpc) is 2.91. The Morgan fingerprint density at radius 3 is 2.22 bits per heavy atom. The van der Waals surface area contributed by atoms with E-state index in [0.29, 0.717) is 24.5 Å². The fraction of sp³-hybridized carbons (Fsp3) is 0.889. The molecule has 0 aromatic heterocycles. The second-order valence-corrected chi connectivity index (χ2v) is 8.61. The van der Waals surface area contributed by atoms with E-state index in [4.69, 9.17) is 0 Å². The van der Waals surface area contributed by atoms with Crippen molar-refractivity contribution >= 4 is 11.9 Å². The molecule has 4 aliphatic carbocycles. The highest BCUT2D eigenvalue weighted by Gasteiger charge is 2.53. The van der Waals surface area contributed by atoms with E-state index in [1.54, 1.807) is 0 Å². The van der Waals surface area contributed by atoms with Gasteiger partial charge in [-0.1, -0.05) is 0 Å².